The van der Waals surface area contributed by atoms with E-state index in [1.165, 1.54) is 11.1 Å². The largest absolute Gasteiger partial charge is 0.362 e. The molecule has 21 heavy (non-hydrogen) atoms. The maximum atomic E-state index is 5.84. The van der Waals surface area contributed by atoms with Crippen molar-refractivity contribution >= 4 is 34.6 Å². The summed E-state index contributed by atoms with van der Waals surface area (Å²) in [5.74, 6) is 0. The van der Waals surface area contributed by atoms with E-state index in [4.69, 9.17) is 23.8 Å². The summed E-state index contributed by atoms with van der Waals surface area (Å²) in [7, 11) is 0. The van der Waals surface area contributed by atoms with Gasteiger partial charge in [-0.2, -0.15) is 0 Å². The van der Waals surface area contributed by atoms with E-state index in [1.807, 2.05) is 24.3 Å². The van der Waals surface area contributed by atoms with Gasteiger partial charge in [0.2, 0.25) is 0 Å². The number of aryl methyl sites for hydroxylation is 1. The normalized spacial score (nSPS) is 10.2. The summed E-state index contributed by atoms with van der Waals surface area (Å²) in [6.07, 6.45) is 2.03. The van der Waals surface area contributed by atoms with Crippen LogP contribution in [-0.2, 0) is 12.8 Å². The minimum Gasteiger partial charge on any atom is -0.362 e. The minimum absolute atomic E-state index is 0.627. The van der Waals surface area contributed by atoms with Crippen LogP contribution < -0.4 is 10.6 Å². The molecule has 0 heterocycles. The number of rotatable bonds is 5. The third-order valence-electron chi connectivity index (χ3n) is 3.23. The van der Waals surface area contributed by atoms with E-state index in [0.29, 0.717) is 5.11 Å². The van der Waals surface area contributed by atoms with Crippen molar-refractivity contribution in [2.24, 2.45) is 0 Å². The first-order valence-corrected chi connectivity index (χ1v) is 7.84. The molecule has 0 unspecified atom stereocenters. The molecule has 2 aromatic carbocycles. The zero-order valence-corrected chi connectivity index (χ0v) is 13.6. The van der Waals surface area contributed by atoms with Crippen LogP contribution in [0.1, 0.15) is 18.1 Å². The van der Waals surface area contributed by atoms with Crippen molar-refractivity contribution in [1.29, 1.82) is 0 Å². The zero-order valence-electron chi connectivity index (χ0n) is 12.0. The summed E-state index contributed by atoms with van der Waals surface area (Å²) in [5, 5.41) is 7.69. The highest BCUT2D eigenvalue weighted by Crippen LogP contribution is 2.13. The van der Waals surface area contributed by atoms with Crippen molar-refractivity contribution < 1.29 is 0 Å². The van der Waals surface area contributed by atoms with Gasteiger partial charge in [-0.25, -0.2) is 0 Å². The Morgan fingerprint density at radius 1 is 1.00 bits per heavy atom. The molecule has 4 heteroatoms. The highest BCUT2D eigenvalue weighted by molar-refractivity contribution is 7.80. The Morgan fingerprint density at radius 2 is 1.62 bits per heavy atom. The zero-order chi connectivity index (χ0) is 15.1. The molecule has 0 amide bonds. The van der Waals surface area contributed by atoms with Gasteiger partial charge in [0.1, 0.15) is 0 Å². The molecule has 2 rings (SSSR count). The Labute approximate surface area is 136 Å². The van der Waals surface area contributed by atoms with Crippen LogP contribution >= 0.6 is 23.8 Å². The molecule has 0 spiro atoms. The Hall–Kier alpha value is -1.58. The summed E-state index contributed by atoms with van der Waals surface area (Å²) in [6.45, 7) is 2.97. The van der Waals surface area contributed by atoms with Gasteiger partial charge in [-0.15, -0.1) is 0 Å². The first-order chi connectivity index (χ1) is 10.2. The Balaban J connectivity index is 1.74. The molecule has 0 saturated heterocycles. The lowest BCUT2D eigenvalue weighted by molar-refractivity contribution is 0.872. The van der Waals surface area contributed by atoms with Crippen LogP contribution in [0.25, 0.3) is 0 Å². The second kappa shape index (κ2) is 8.01. The van der Waals surface area contributed by atoms with Gasteiger partial charge in [-0.3, -0.25) is 0 Å². The first-order valence-electron chi connectivity index (χ1n) is 7.05. The summed E-state index contributed by atoms with van der Waals surface area (Å²) in [6, 6.07) is 16.2. The number of hydrogen-bond donors (Lipinski definition) is 2. The van der Waals surface area contributed by atoms with Gasteiger partial charge in [0.25, 0.3) is 0 Å². The Kier molecular flexibility index (Phi) is 6.03. The predicted octanol–water partition coefficient (Wildman–Crippen LogP) is 4.43. The van der Waals surface area contributed by atoms with Crippen LogP contribution in [0.5, 0.6) is 0 Å². The fourth-order valence-electron chi connectivity index (χ4n) is 1.97. The minimum atomic E-state index is 0.627. The number of hydrogen-bond acceptors (Lipinski definition) is 1. The second-order valence-electron chi connectivity index (χ2n) is 4.81. The Bertz CT molecular complexity index is 579. The van der Waals surface area contributed by atoms with Crippen LogP contribution in [-0.4, -0.2) is 11.7 Å². The summed E-state index contributed by atoms with van der Waals surface area (Å²) < 4.78 is 0. The molecule has 2 N–H and O–H groups in total. The number of nitrogens with one attached hydrogen (secondary N) is 2. The topological polar surface area (TPSA) is 24.1 Å². The van der Waals surface area contributed by atoms with E-state index in [0.717, 1.165) is 30.1 Å². The number of halogens is 1. The molecule has 0 aliphatic heterocycles. The highest BCUT2D eigenvalue weighted by Gasteiger charge is 1.98. The summed E-state index contributed by atoms with van der Waals surface area (Å²) in [4.78, 5) is 0. The van der Waals surface area contributed by atoms with Crippen LogP contribution in [0.3, 0.4) is 0 Å². The second-order valence-corrected chi connectivity index (χ2v) is 5.65. The molecule has 2 nitrogen and oxygen atoms in total. The average molecular weight is 319 g/mol. The average Bonchev–Trinajstić information content (AvgIpc) is 2.50. The van der Waals surface area contributed by atoms with Gasteiger partial charge in [-0.05, 0) is 60.5 Å². The molecule has 0 aliphatic carbocycles. The fourth-order valence-corrected chi connectivity index (χ4v) is 2.32. The molecule has 0 radical (unpaired) electrons. The first kappa shape index (κ1) is 15.8. The Morgan fingerprint density at radius 3 is 2.24 bits per heavy atom. The summed E-state index contributed by atoms with van der Waals surface area (Å²) in [5.41, 5.74) is 3.62. The van der Waals surface area contributed by atoms with Gasteiger partial charge in [-0.1, -0.05) is 42.8 Å². The molecule has 0 aromatic heterocycles. The van der Waals surface area contributed by atoms with Crippen molar-refractivity contribution in [2.75, 3.05) is 11.9 Å². The van der Waals surface area contributed by atoms with Gasteiger partial charge >= 0.3 is 0 Å². The van der Waals surface area contributed by atoms with Crippen molar-refractivity contribution in [3.05, 3.63) is 64.7 Å². The van der Waals surface area contributed by atoms with Gasteiger partial charge in [0.15, 0.2) is 5.11 Å². The smallest absolute Gasteiger partial charge is 0.170 e. The summed E-state index contributed by atoms with van der Waals surface area (Å²) >= 11 is 11.1. The van der Waals surface area contributed by atoms with Crippen LogP contribution in [0.4, 0.5) is 5.69 Å². The van der Waals surface area contributed by atoms with Crippen molar-refractivity contribution in [3.8, 4) is 0 Å². The van der Waals surface area contributed by atoms with Crippen molar-refractivity contribution in [3.63, 3.8) is 0 Å². The molecule has 2 aromatic rings. The molecular formula is C17H19ClN2S. The van der Waals surface area contributed by atoms with E-state index in [1.54, 1.807) is 0 Å². The van der Waals surface area contributed by atoms with E-state index in [-0.39, 0.29) is 0 Å². The lowest BCUT2D eigenvalue weighted by atomic mass is 10.1. The lowest BCUT2D eigenvalue weighted by Gasteiger charge is -2.10. The van der Waals surface area contributed by atoms with Gasteiger partial charge in [0.05, 0.1) is 0 Å². The molecule has 0 atom stereocenters. The quantitative estimate of drug-likeness (QED) is 0.797. The third-order valence-corrected chi connectivity index (χ3v) is 3.73. The van der Waals surface area contributed by atoms with E-state index in [2.05, 4.69) is 41.8 Å². The molecular weight excluding hydrogens is 300 g/mol. The standard InChI is InChI=1S/C17H19ClN2S/c1-2-13-3-5-14(6-4-13)11-12-19-17(21)20-16-9-7-15(18)8-10-16/h3-10H,2,11-12H2,1H3,(H2,19,20,21). The highest BCUT2D eigenvalue weighted by atomic mass is 35.5. The fraction of sp³-hybridized carbons (Fsp3) is 0.235. The monoisotopic (exact) mass is 318 g/mol. The molecule has 0 bridgehead atoms. The number of thiocarbonyl (C=S) groups is 1. The third kappa shape index (κ3) is 5.37. The molecule has 0 aliphatic rings. The number of anilines is 1. The lowest BCUT2D eigenvalue weighted by Crippen LogP contribution is -2.30. The van der Waals surface area contributed by atoms with Crippen LogP contribution in [0, 0.1) is 0 Å². The molecule has 110 valence electrons. The number of benzene rings is 2. The van der Waals surface area contributed by atoms with Crippen molar-refractivity contribution in [1.82, 2.24) is 5.32 Å². The molecule has 0 saturated carbocycles. The van der Waals surface area contributed by atoms with Gasteiger partial charge in [0, 0.05) is 17.3 Å². The predicted molar refractivity (Wildman–Crippen MR) is 95.2 cm³/mol. The van der Waals surface area contributed by atoms with Crippen LogP contribution in [0.15, 0.2) is 48.5 Å². The van der Waals surface area contributed by atoms with Crippen LogP contribution in [0.2, 0.25) is 5.02 Å². The van der Waals surface area contributed by atoms with E-state index in [9.17, 15) is 0 Å². The van der Waals surface area contributed by atoms with E-state index < -0.39 is 0 Å². The maximum Gasteiger partial charge on any atom is 0.170 e. The van der Waals surface area contributed by atoms with E-state index >= 15 is 0 Å². The maximum absolute atomic E-state index is 5.84. The molecule has 0 fully saturated rings. The van der Waals surface area contributed by atoms with Gasteiger partial charge < -0.3 is 10.6 Å². The van der Waals surface area contributed by atoms with Crippen molar-refractivity contribution in [2.45, 2.75) is 19.8 Å². The SMILES string of the molecule is CCc1ccc(CCNC(=S)Nc2ccc(Cl)cc2)cc1.